The predicted octanol–water partition coefficient (Wildman–Crippen LogP) is 6.05. The first kappa shape index (κ1) is 16.3. The number of rotatable bonds is 5. The number of nitrogens with one attached hydrogen (secondary N) is 1. The van der Waals surface area contributed by atoms with Crippen molar-refractivity contribution in [1.82, 2.24) is 0 Å². The van der Waals surface area contributed by atoms with Crippen molar-refractivity contribution >= 4 is 40.5 Å². The highest BCUT2D eigenvalue weighted by Gasteiger charge is 2.05. The van der Waals surface area contributed by atoms with Gasteiger partial charge in [-0.15, -0.1) is 0 Å². The summed E-state index contributed by atoms with van der Waals surface area (Å²) in [6.07, 6.45) is 0.0925. The van der Waals surface area contributed by atoms with E-state index in [0.29, 0.717) is 27.4 Å². The van der Waals surface area contributed by atoms with Crippen molar-refractivity contribution in [1.29, 1.82) is 0 Å². The third kappa shape index (κ3) is 4.99. The largest absolute Gasteiger partial charge is 0.489 e. The second-order valence-corrected chi connectivity index (χ2v) is 6.22. The molecule has 2 rings (SSSR count). The summed E-state index contributed by atoms with van der Waals surface area (Å²) in [4.78, 5) is 0. The summed E-state index contributed by atoms with van der Waals surface area (Å²) < 4.78 is 5.60. The highest BCUT2D eigenvalue weighted by atomic mass is 35.5. The average molecular weight is 345 g/mol. The molecule has 0 amide bonds. The van der Waals surface area contributed by atoms with Gasteiger partial charge in [0.15, 0.2) is 0 Å². The van der Waals surface area contributed by atoms with Crippen molar-refractivity contribution in [3.05, 3.63) is 57.0 Å². The van der Waals surface area contributed by atoms with Crippen molar-refractivity contribution in [2.24, 2.45) is 0 Å². The zero-order chi connectivity index (χ0) is 15.4. The minimum absolute atomic E-state index is 0.0925. The van der Waals surface area contributed by atoms with Crippen LogP contribution in [0.5, 0.6) is 5.75 Å². The fraction of sp³-hybridized carbons (Fsp3) is 0.250. The van der Waals surface area contributed by atoms with Crippen LogP contribution in [0.25, 0.3) is 0 Å². The summed E-state index contributed by atoms with van der Waals surface area (Å²) in [5.74, 6) is 0.683. The monoisotopic (exact) mass is 343 g/mol. The van der Waals surface area contributed by atoms with Crippen LogP contribution in [0.15, 0.2) is 36.4 Å². The smallest absolute Gasteiger partial charge is 0.138 e. The molecule has 2 aromatic rings. The van der Waals surface area contributed by atoms with Gasteiger partial charge >= 0.3 is 0 Å². The van der Waals surface area contributed by atoms with Crippen molar-refractivity contribution in [2.75, 3.05) is 5.32 Å². The molecular formula is C16H16Cl3NO. The third-order valence-corrected chi connectivity index (χ3v) is 3.45. The van der Waals surface area contributed by atoms with E-state index in [-0.39, 0.29) is 6.10 Å². The third-order valence-electron chi connectivity index (χ3n) is 2.71. The van der Waals surface area contributed by atoms with Gasteiger partial charge in [-0.2, -0.15) is 0 Å². The molecule has 2 aromatic carbocycles. The fourth-order valence-electron chi connectivity index (χ4n) is 1.88. The van der Waals surface area contributed by atoms with Crippen LogP contribution >= 0.6 is 34.8 Å². The van der Waals surface area contributed by atoms with Gasteiger partial charge in [0, 0.05) is 22.3 Å². The summed E-state index contributed by atoms with van der Waals surface area (Å²) in [5.41, 5.74) is 1.92. The Morgan fingerprint density at radius 2 is 1.67 bits per heavy atom. The molecule has 0 fully saturated rings. The van der Waals surface area contributed by atoms with Crippen molar-refractivity contribution in [2.45, 2.75) is 26.5 Å². The van der Waals surface area contributed by atoms with Crippen LogP contribution in [-0.2, 0) is 6.54 Å². The summed E-state index contributed by atoms with van der Waals surface area (Å²) in [6.45, 7) is 4.54. The average Bonchev–Trinajstić information content (AvgIpc) is 2.38. The van der Waals surface area contributed by atoms with Crippen LogP contribution in [0.2, 0.25) is 15.1 Å². The maximum Gasteiger partial charge on any atom is 0.138 e. The molecule has 2 nitrogen and oxygen atoms in total. The van der Waals surface area contributed by atoms with Crippen LogP contribution in [0, 0.1) is 0 Å². The molecule has 21 heavy (non-hydrogen) atoms. The van der Waals surface area contributed by atoms with Gasteiger partial charge in [-0.3, -0.25) is 0 Å². The first-order chi connectivity index (χ1) is 9.94. The van der Waals surface area contributed by atoms with Gasteiger partial charge in [0.05, 0.1) is 11.1 Å². The van der Waals surface area contributed by atoms with E-state index in [1.54, 1.807) is 6.07 Å². The lowest BCUT2D eigenvalue weighted by Gasteiger charge is -2.13. The fourth-order valence-corrected chi connectivity index (χ4v) is 2.67. The first-order valence-electron chi connectivity index (χ1n) is 6.59. The second-order valence-electron chi connectivity index (χ2n) is 4.94. The van der Waals surface area contributed by atoms with Crippen LogP contribution in [0.3, 0.4) is 0 Å². The Balaban J connectivity index is 2.05. The Hall–Kier alpha value is -1.09. The molecule has 0 saturated heterocycles. The van der Waals surface area contributed by atoms with E-state index in [0.717, 1.165) is 11.3 Å². The minimum atomic E-state index is 0.0925. The molecule has 0 radical (unpaired) electrons. The van der Waals surface area contributed by atoms with Gasteiger partial charge in [0.25, 0.3) is 0 Å². The van der Waals surface area contributed by atoms with Crippen LogP contribution < -0.4 is 10.1 Å². The topological polar surface area (TPSA) is 21.3 Å². The number of hydrogen-bond acceptors (Lipinski definition) is 2. The van der Waals surface area contributed by atoms with Crippen LogP contribution in [0.1, 0.15) is 19.4 Å². The Bertz CT molecular complexity index is 609. The van der Waals surface area contributed by atoms with E-state index in [9.17, 15) is 0 Å². The summed E-state index contributed by atoms with van der Waals surface area (Å²) in [5, 5.41) is 5.11. The highest BCUT2D eigenvalue weighted by Crippen LogP contribution is 2.29. The number of benzene rings is 2. The summed E-state index contributed by atoms with van der Waals surface area (Å²) >= 11 is 18.2. The Kier molecular flexibility index (Phi) is 5.63. The van der Waals surface area contributed by atoms with E-state index in [2.05, 4.69) is 5.32 Å². The molecule has 0 spiro atoms. The van der Waals surface area contributed by atoms with E-state index < -0.39 is 0 Å². The SMILES string of the molecule is CC(C)Oc1ccc(NCc2cc(Cl)cc(Cl)c2)cc1Cl. The molecule has 0 aliphatic heterocycles. The maximum atomic E-state index is 6.20. The van der Waals surface area contributed by atoms with E-state index in [1.165, 1.54) is 0 Å². The number of ether oxygens (including phenoxy) is 1. The second kappa shape index (κ2) is 7.26. The minimum Gasteiger partial charge on any atom is -0.489 e. The van der Waals surface area contributed by atoms with Gasteiger partial charge in [0.2, 0.25) is 0 Å². The summed E-state index contributed by atoms with van der Waals surface area (Å²) in [6, 6.07) is 11.1. The first-order valence-corrected chi connectivity index (χ1v) is 7.72. The van der Waals surface area contributed by atoms with E-state index >= 15 is 0 Å². The van der Waals surface area contributed by atoms with E-state index in [4.69, 9.17) is 39.5 Å². The van der Waals surface area contributed by atoms with Gasteiger partial charge < -0.3 is 10.1 Å². The quantitative estimate of drug-likeness (QED) is 0.713. The molecule has 1 N–H and O–H groups in total. The van der Waals surface area contributed by atoms with Crippen LogP contribution in [-0.4, -0.2) is 6.10 Å². The number of halogens is 3. The number of anilines is 1. The molecule has 0 aliphatic rings. The lowest BCUT2D eigenvalue weighted by molar-refractivity contribution is 0.242. The molecule has 0 saturated carbocycles. The highest BCUT2D eigenvalue weighted by molar-refractivity contribution is 6.34. The van der Waals surface area contributed by atoms with Crippen molar-refractivity contribution in [3.8, 4) is 5.75 Å². The van der Waals surface area contributed by atoms with Crippen molar-refractivity contribution < 1.29 is 4.74 Å². The predicted molar refractivity (Wildman–Crippen MR) is 91.0 cm³/mol. The zero-order valence-corrected chi connectivity index (χ0v) is 14.1. The van der Waals surface area contributed by atoms with Gasteiger partial charge in [-0.25, -0.2) is 0 Å². The Labute approximate surface area is 140 Å². The normalized spacial score (nSPS) is 10.8. The Morgan fingerprint density at radius 1 is 1.00 bits per heavy atom. The molecule has 0 heterocycles. The van der Waals surface area contributed by atoms with Gasteiger partial charge in [-0.1, -0.05) is 34.8 Å². The molecule has 0 bridgehead atoms. The van der Waals surface area contributed by atoms with Crippen molar-refractivity contribution in [3.63, 3.8) is 0 Å². The molecule has 0 atom stereocenters. The van der Waals surface area contributed by atoms with E-state index in [1.807, 2.05) is 44.2 Å². The molecule has 0 unspecified atom stereocenters. The lowest BCUT2D eigenvalue weighted by Crippen LogP contribution is -2.06. The maximum absolute atomic E-state index is 6.20. The standard InChI is InChI=1S/C16H16Cl3NO/c1-10(2)21-16-4-3-14(8-15(16)19)20-9-11-5-12(17)7-13(18)6-11/h3-8,10,20H,9H2,1-2H3. The number of hydrogen-bond donors (Lipinski definition) is 1. The van der Waals surface area contributed by atoms with Gasteiger partial charge in [0.1, 0.15) is 5.75 Å². The zero-order valence-electron chi connectivity index (χ0n) is 11.8. The summed E-state index contributed by atoms with van der Waals surface area (Å²) in [7, 11) is 0. The molecule has 0 aliphatic carbocycles. The molecule has 0 aromatic heterocycles. The molecular weight excluding hydrogens is 329 g/mol. The Morgan fingerprint density at radius 3 is 2.24 bits per heavy atom. The molecule has 5 heteroatoms. The lowest BCUT2D eigenvalue weighted by atomic mass is 10.2. The molecule has 112 valence electrons. The van der Waals surface area contributed by atoms with Gasteiger partial charge in [-0.05, 0) is 55.8 Å². The van der Waals surface area contributed by atoms with Crippen LogP contribution in [0.4, 0.5) is 5.69 Å².